The zero-order valence-electron chi connectivity index (χ0n) is 12.3. The second-order valence-corrected chi connectivity index (χ2v) is 5.45. The van der Waals surface area contributed by atoms with Gasteiger partial charge < -0.3 is 4.74 Å². The van der Waals surface area contributed by atoms with E-state index < -0.39 is 5.91 Å². The first-order valence-electron chi connectivity index (χ1n) is 7.50. The van der Waals surface area contributed by atoms with Gasteiger partial charge in [0.1, 0.15) is 11.4 Å². The van der Waals surface area contributed by atoms with Crippen molar-refractivity contribution in [3.8, 4) is 16.9 Å². The van der Waals surface area contributed by atoms with E-state index in [2.05, 4.69) is 10.4 Å². The van der Waals surface area contributed by atoms with Crippen LogP contribution in [-0.2, 0) is 0 Å². The number of hydrazine groups is 1. The summed E-state index contributed by atoms with van der Waals surface area (Å²) < 4.78 is 5.95. The van der Waals surface area contributed by atoms with Crippen molar-refractivity contribution in [2.75, 3.05) is 0 Å². The Hall–Kier alpha value is -2.40. The number of nitrogen functional groups attached to an aromatic ring is 1. The molecule has 3 rings (SSSR count). The Morgan fingerprint density at radius 3 is 2.55 bits per heavy atom. The minimum Gasteiger partial charge on any atom is -0.490 e. The number of pyridine rings is 1. The van der Waals surface area contributed by atoms with Gasteiger partial charge in [-0.3, -0.25) is 15.2 Å². The number of ether oxygens (including phenoxy) is 1. The highest BCUT2D eigenvalue weighted by atomic mass is 16.5. The van der Waals surface area contributed by atoms with E-state index >= 15 is 0 Å². The Morgan fingerprint density at radius 1 is 1.14 bits per heavy atom. The molecular formula is C17H19N3O2. The van der Waals surface area contributed by atoms with Gasteiger partial charge in [-0.2, -0.15) is 0 Å². The number of hydrogen-bond acceptors (Lipinski definition) is 4. The van der Waals surface area contributed by atoms with E-state index in [1.165, 1.54) is 12.8 Å². The maximum Gasteiger partial charge on any atom is 0.283 e. The van der Waals surface area contributed by atoms with Crippen LogP contribution in [0.1, 0.15) is 36.2 Å². The molecule has 5 heteroatoms. The van der Waals surface area contributed by atoms with Crippen LogP contribution >= 0.6 is 0 Å². The molecule has 0 saturated heterocycles. The molecule has 0 radical (unpaired) electrons. The third-order valence-electron chi connectivity index (χ3n) is 3.92. The minimum atomic E-state index is -0.400. The number of carbonyl (C=O) groups excluding carboxylic acids is 1. The third kappa shape index (κ3) is 3.26. The second kappa shape index (κ2) is 6.58. The van der Waals surface area contributed by atoms with Gasteiger partial charge in [-0.05, 0) is 61.1 Å². The largest absolute Gasteiger partial charge is 0.490 e. The molecule has 1 saturated carbocycles. The first kappa shape index (κ1) is 14.5. The van der Waals surface area contributed by atoms with Crippen LogP contribution in [0.5, 0.6) is 5.75 Å². The van der Waals surface area contributed by atoms with E-state index in [9.17, 15) is 4.79 Å². The number of benzene rings is 1. The van der Waals surface area contributed by atoms with Gasteiger partial charge in [0.15, 0.2) is 0 Å². The Kier molecular flexibility index (Phi) is 4.34. The molecule has 2 aromatic rings. The lowest BCUT2D eigenvalue weighted by atomic mass is 10.1. The standard InChI is InChI=1S/C17H19N3O2/c18-20-17(21)16-11-13(9-10-19-16)12-5-7-15(8-6-12)22-14-3-1-2-4-14/h5-11,14H,1-4,18H2,(H,20,21). The summed E-state index contributed by atoms with van der Waals surface area (Å²) in [6.07, 6.45) is 6.75. The predicted octanol–water partition coefficient (Wildman–Crippen LogP) is 2.67. The molecule has 1 aromatic heterocycles. The van der Waals surface area contributed by atoms with E-state index in [4.69, 9.17) is 10.6 Å². The maximum absolute atomic E-state index is 11.5. The molecule has 0 unspecified atom stereocenters. The normalized spacial score (nSPS) is 14.8. The topological polar surface area (TPSA) is 77.2 Å². The Morgan fingerprint density at radius 2 is 1.86 bits per heavy atom. The molecule has 1 aromatic carbocycles. The smallest absolute Gasteiger partial charge is 0.283 e. The van der Waals surface area contributed by atoms with Crippen molar-refractivity contribution in [3.63, 3.8) is 0 Å². The third-order valence-corrected chi connectivity index (χ3v) is 3.92. The number of nitrogens with zero attached hydrogens (tertiary/aromatic N) is 1. The molecule has 5 nitrogen and oxygen atoms in total. The summed E-state index contributed by atoms with van der Waals surface area (Å²) in [7, 11) is 0. The van der Waals surface area contributed by atoms with Gasteiger partial charge in [0.2, 0.25) is 0 Å². The van der Waals surface area contributed by atoms with E-state index in [1.807, 2.05) is 30.3 Å². The summed E-state index contributed by atoms with van der Waals surface area (Å²) in [5.41, 5.74) is 4.31. The monoisotopic (exact) mass is 297 g/mol. The van der Waals surface area contributed by atoms with Gasteiger partial charge >= 0.3 is 0 Å². The first-order chi connectivity index (χ1) is 10.8. The number of aromatic nitrogens is 1. The lowest BCUT2D eigenvalue weighted by molar-refractivity contribution is 0.0948. The molecule has 1 amide bonds. The van der Waals surface area contributed by atoms with Gasteiger partial charge in [-0.1, -0.05) is 12.1 Å². The van der Waals surface area contributed by atoms with Gasteiger partial charge in [0, 0.05) is 6.20 Å². The van der Waals surface area contributed by atoms with Crippen molar-refractivity contribution in [1.29, 1.82) is 0 Å². The maximum atomic E-state index is 11.5. The van der Waals surface area contributed by atoms with Gasteiger partial charge in [-0.15, -0.1) is 0 Å². The van der Waals surface area contributed by atoms with Crippen molar-refractivity contribution in [3.05, 3.63) is 48.3 Å². The summed E-state index contributed by atoms with van der Waals surface area (Å²) >= 11 is 0. The average Bonchev–Trinajstić information content (AvgIpc) is 3.08. The minimum absolute atomic E-state index is 0.297. The predicted molar refractivity (Wildman–Crippen MR) is 84.2 cm³/mol. The lowest BCUT2D eigenvalue weighted by Crippen LogP contribution is -2.30. The SMILES string of the molecule is NNC(=O)c1cc(-c2ccc(OC3CCCC3)cc2)ccn1. The van der Waals surface area contributed by atoms with Crippen molar-refractivity contribution < 1.29 is 9.53 Å². The summed E-state index contributed by atoms with van der Waals surface area (Å²) in [5.74, 6) is 5.63. The highest BCUT2D eigenvalue weighted by Crippen LogP contribution is 2.26. The molecule has 1 heterocycles. The molecule has 0 atom stereocenters. The van der Waals surface area contributed by atoms with E-state index in [1.54, 1.807) is 12.3 Å². The number of nitrogens with one attached hydrogen (secondary N) is 1. The number of nitrogens with two attached hydrogens (primary N) is 1. The number of rotatable bonds is 4. The van der Waals surface area contributed by atoms with Crippen molar-refractivity contribution in [2.24, 2.45) is 5.84 Å². The van der Waals surface area contributed by atoms with Crippen LogP contribution in [0.25, 0.3) is 11.1 Å². The molecule has 114 valence electrons. The van der Waals surface area contributed by atoms with Gasteiger partial charge in [0.25, 0.3) is 5.91 Å². The van der Waals surface area contributed by atoms with E-state index in [0.29, 0.717) is 11.8 Å². The van der Waals surface area contributed by atoms with Gasteiger partial charge in [0.05, 0.1) is 6.10 Å². The molecule has 3 N–H and O–H groups in total. The fourth-order valence-electron chi connectivity index (χ4n) is 2.73. The van der Waals surface area contributed by atoms with Crippen molar-refractivity contribution in [2.45, 2.75) is 31.8 Å². The summed E-state index contributed by atoms with van der Waals surface area (Å²) in [6, 6.07) is 11.5. The van der Waals surface area contributed by atoms with Crippen LogP contribution in [0.2, 0.25) is 0 Å². The Bertz CT molecular complexity index is 649. The molecule has 1 fully saturated rings. The molecule has 0 spiro atoms. The van der Waals surface area contributed by atoms with Crippen molar-refractivity contribution >= 4 is 5.91 Å². The van der Waals surface area contributed by atoms with Crippen LogP contribution < -0.4 is 16.0 Å². The van der Waals surface area contributed by atoms with Crippen LogP contribution in [0.3, 0.4) is 0 Å². The van der Waals surface area contributed by atoms with E-state index in [-0.39, 0.29) is 0 Å². The Labute approximate surface area is 129 Å². The molecule has 0 bridgehead atoms. The number of amides is 1. The quantitative estimate of drug-likeness (QED) is 0.517. The molecular weight excluding hydrogens is 278 g/mol. The summed E-state index contributed by atoms with van der Waals surface area (Å²) in [6.45, 7) is 0. The van der Waals surface area contributed by atoms with E-state index in [0.717, 1.165) is 29.7 Å². The zero-order valence-corrected chi connectivity index (χ0v) is 12.3. The van der Waals surface area contributed by atoms with Crippen LogP contribution in [-0.4, -0.2) is 17.0 Å². The fourth-order valence-corrected chi connectivity index (χ4v) is 2.73. The molecule has 1 aliphatic carbocycles. The van der Waals surface area contributed by atoms with Crippen LogP contribution in [0.4, 0.5) is 0 Å². The molecule has 22 heavy (non-hydrogen) atoms. The van der Waals surface area contributed by atoms with Crippen molar-refractivity contribution in [1.82, 2.24) is 10.4 Å². The fraction of sp³-hybridized carbons (Fsp3) is 0.294. The first-order valence-corrected chi connectivity index (χ1v) is 7.50. The highest BCUT2D eigenvalue weighted by molar-refractivity contribution is 5.93. The lowest BCUT2D eigenvalue weighted by Gasteiger charge is -2.13. The highest BCUT2D eigenvalue weighted by Gasteiger charge is 2.16. The molecule has 0 aliphatic heterocycles. The zero-order chi connectivity index (χ0) is 15.4. The second-order valence-electron chi connectivity index (χ2n) is 5.45. The summed E-state index contributed by atoms with van der Waals surface area (Å²) in [4.78, 5) is 15.5. The Balaban J connectivity index is 1.76. The van der Waals surface area contributed by atoms with Crippen LogP contribution in [0.15, 0.2) is 42.6 Å². The van der Waals surface area contributed by atoms with Gasteiger partial charge in [-0.25, -0.2) is 5.84 Å². The van der Waals surface area contributed by atoms with Crippen LogP contribution in [0, 0.1) is 0 Å². The average molecular weight is 297 g/mol. The number of carbonyl (C=O) groups is 1. The molecule has 1 aliphatic rings. The number of hydrogen-bond donors (Lipinski definition) is 2. The summed E-state index contributed by atoms with van der Waals surface area (Å²) in [5, 5.41) is 0.